The summed E-state index contributed by atoms with van der Waals surface area (Å²) < 4.78 is 5.60. The Bertz CT molecular complexity index is 454. The van der Waals surface area contributed by atoms with Crippen molar-refractivity contribution in [1.29, 1.82) is 0 Å². The van der Waals surface area contributed by atoms with E-state index >= 15 is 0 Å². The van der Waals surface area contributed by atoms with Gasteiger partial charge in [0, 0.05) is 13.1 Å². The van der Waals surface area contributed by atoms with E-state index in [9.17, 15) is 4.79 Å². The van der Waals surface area contributed by atoms with Crippen molar-refractivity contribution in [3.8, 4) is 5.75 Å². The Hall–Kier alpha value is -1.75. The predicted octanol–water partition coefficient (Wildman–Crippen LogP) is 1.47. The van der Waals surface area contributed by atoms with E-state index in [0.717, 1.165) is 11.4 Å². The molecule has 5 nitrogen and oxygen atoms in total. The van der Waals surface area contributed by atoms with Crippen molar-refractivity contribution in [2.75, 3.05) is 24.6 Å². The number of benzene rings is 1. The fourth-order valence-corrected chi connectivity index (χ4v) is 2.36. The monoisotopic (exact) mass is 264 g/mol. The molecule has 104 valence electrons. The molecule has 1 aromatic carbocycles. The first kappa shape index (κ1) is 13.7. The van der Waals surface area contributed by atoms with Crippen molar-refractivity contribution in [3.63, 3.8) is 0 Å². The van der Waals surface area contributed by atoms with Crippen LogP contribution in [0.1, 0.15) is 19.8 Å². The van der Waals surface area contributed by atoms with Crippen molar-refractivity contribution in [2.24, 2.45) is 5.73 Å². The standard InChI is InChI=1S/C14H20N2O3/c1-2-19-12-6-4-3-5-11(12)16-9-7-14(15,8-10-16)13(17)18/h3-6H,2,7-10,15H2,1H3,(H,17,18). The second-order valence-corrected chi connectivity index (χ2v) is 4.85. The minimum Gasteiger partial charge on any atom is -0.492 e. The number of rotatable bonds is 4. The molecule has 0 aliphatic carbocycles. The third kappa shape index (κ3) is 2.81. The van der Waals surface area contributed by atoms with Crippen LogP contribution in [0, 0.1) is 0 Å². The molecule has 0 aromatic heterocycles. The molecule has 0 atom stereocenters. The van der Waals surface area contributed by atoms with Crippen LogP contribution in [0.25, 0.3) is 0 Å². The van der Waals surface area contributed by atoms with Gasteiger partial charge >= 0.3 is 5.97 Å². The van der Waals surface area contributed by atoms with E-state index in [4.69, 9.17) is 15.6 Å². The summed E-state index contributed by atoms with van der Waals surface area (Å²) in [7, 11) is 0. The molecule has 0 unspecified atom stereocenters. The third-order valence-electron chi connectivity index (χ3n) is 3.59. The largest absolute Gasteiger partial charge is 0.492 e. The summed E-state index contributed by atoms with van der Waals surface area (Å²) in [5.41, 5.74) is 5.81. The molecule has 0 saturated carbocycles. The van der Waals surface area contributed by atoms with Gasteiger partial charge in [0.25, 0.3) is 0 Å². The molecular formula is C14H20N2O3. The summed E-state index contributed by atoms with van der Waals surface area (Å²) in [6.45, 7) is 3.82. The van der Waals surface area contributed by atoms with Gasteiger partial charge in [-0.05, 0) is 31.9 Å². The Labute approximate surface area is 113 Å². The molecule has 1 saturated heterocycles. The molecule has 1 aliphatic heterocycles. The van der Waals surface area contributed by atoms with E-state index in [2.05, 4.69) is 4.90 Å². The molecule has 5 heteroatoms. The molecule has 0 bridgehead atoms. The second kappa shape index (κ2) is 5.48. The van der Waals surface area contributed by atoms with E-state index in [-0.39, 0.29) is 0 Å². The molecule has 1 fully saturated rings. The highest BCUT2D eigenvalue weighted by Crippen LogP contribution is 2.32. The van der Waals surface area contributed by atoms with Crippen LogP contribution in [-0.4, -0.2) is 36.3 Å². The zero-order valence-electron chi connectivity index (χ0n) is 11.1. The van der Waals surface area contributed by atoms with Crippen molar-refractivity contribution < 1.29 is 14.6 Å². The Kier molecular flexibility index (Phi) is 3.95. The molecular weight excluding hydrogens is 244 g/mol. The first-order valence-corrected chi connectivity index (χ1v) is 6.56. The highest BCUT2D eigenvalue weighted by molar-refractivity contribution is 5.79. The van der Waals surface area contributed by atoms with Crippen LogP contribution in [0.2, 0.25) is 0 Å². The van der Waals surface area contributed by atoms with Gasteiger partial charge in [0.05, 0.1) is 12.3 Å². The zero-order valence-corrected chi connectivity index (χ0v) is 11.1. The van der Waals surface area contributed by atoms with Crippen LogP contribution in [0.5, 0.6) is 5.75 Å². The Balaban J connectivity index is 2.11. The molecule has 3 N–H and O–H groups in total. The summed E-state index contributed by atoms with van der Waals surface area (Å²) >= 11 is 0. The van der Waals surface area contributed by atoms with E-state index < -0.39 is 11.5 Å². The maximum absolute atomic E-state index is 11.1. The minimum atomic E-state index is -1.09. The zero-order chi connectivity index (χ0) is 13.9. The van der Waals surface area contributed by atoms with Gasteiger partial charge in [0.2, 0.25) is 0 Å². The lowest BCUT2D eigenvalue weighted by molar-refractivity contribution is -0.144. The van der Waals surface area contributed by atoms with Crippen LogP contribution in [-0.2, 0) is 4.79 Å². The lowest BCUT2D eigenvalue weighted by Gasteiger charge is -2.38. The molecule has 19 heavy (non-hydrogen) atoms. The number of hydrogen-bond acceptors (Lipinski definition) is 4. The van der Waals surface area contributed by atoms with Crippen molar-refractivity contribution in [3.05, 3.63) is 24.3 Å². The van der Waals surface area contributed by atoms with Gasteiger partial charge in [-0.25, -0.2) is 0 Å². The number of piperidine rings is 1. The molecule has 0 spiro atoms. The number of carbonyl (C=O) groups is 1. The van der Waals surface area contributed by atoms with Gasteiger partial charge in [0.15, 0.2) is 0 Å². The number of aliphatic carboxylic acids is 1. The fraction of sp³-hybridized carbons (Fsp3) is 0.500. The van der Waals surface area contributed by atoms with Crippen LogP contribution in [0.3, 0.4) is 0 Å². The number of para-hydroxylation sites is 2. The number of hydrogen-bond donors (Lipinski definition) is 2. The topological polar surface area (TPSA) is 75.8 Å². The summed E-state index contributed by atoms with van der Waals surface area (Å²) in [5, 5.41) is 9.12. The number of carboxylic acid groups (broad SMARTS) is 1. The van der Waals surface area contributed by atoms with Gasteiger partial charge in [0.1, 0.15) is 11.3 Å². The Morgan fingerprint density at radius 2 is 2.05 bits per heavy atom. The maximum Gasteiger partial charge on any atom is 0.323 e. The van der Waals surface area contributed by atoms with Crippen LogP contribution < -0.4 is 15.4 Å². The highest BCUT2D eigenvalue weighted by atomic mass is 16.5. The van der Waals surface area contributed by atoms with E-state index in [1.54, 1.807) is 0 Å². The summed E-state index contributed by atoms with van der Waals surface area (Å²) in [6, 6.07) is 7.82. The van der Waals surface area contributed by atoms with Crippen LogP contribution >= 0.6 is 0 Å². The number of nitrogens with two attached hydrogens (primary N) is 1. The average Bonchev–Trinajstić information content (AvgIpc) is 2.41. The first-order valence-electron chi connectivity index (χ1n) is 6.56. The molecule has 0 amide bonds. The van der Waals surface area contributed by atoms with E-state index in [0.29, 0.717) is 32.5 Å². The number of ether oxygens (including phenoxy) is 1. The number of carboxylic acids is 1. The average molecular weight is 264 g/mol. The van der Waals surface area contributed by atoms with Gasteiger partial charge in [-0.15, -0.1) is 0 Å². The number of nitrogens with zero attached hydrogens (tertiary/aromatic N) is 1. The smallest absolute Gasteiger partial charge is 0.323 e. The maximum atomic E-state index is 11.1. The fourth-order valence-electron chi connectivity index (χ4n) is 2.36. The minimum absolute atomic E-state index is 0.447. The van der Waals surface area contributed by atoms with Gasteiger partial charge in [-0.1, -0.05) is 12.1 Å². The van der Waals surface area contributed by atoms with Crippen molar-refractivity contribution in [2.45, 2.75) is 25.3 Å². The molecule has 2 rings (SSSR count). The number of anilines is 1. The summed E-state index contributed by atoms with van der Waals surface area (Å²) in [6.07, 6.45) is 0.894. The summed E-state index contributed by atoms with van der Waals surface area (Å²) in [4.78, 5) is 13.3. The Morgan fingerprint density at radius 1 is 1.42 bits per heavy atom. The van der Waals surface area contributed by atoms with E-state index in [1.165, 1.54) is 0 Å². The van der Waals surface area contributed by atoms with Crippen molar-refractivity contribution >= 4 is 11.7 Å². The quantitative estimate of drug-likeness (QED) is 0.861. The predicted molar refractivity (Wildman–Crippen MR) is 73.6 cm³/mol. The molecule has 1 aliphatic rings. The van der Waals surface area contributed by atoms with Crippen molar-refractivity contribution in [1.82, 2.24) is 0 Å². The second-order valence-electron chi connectivity index (χ2n) is 4.85. The highest BCUT2D eigenvalue weighted by Gasteiger charge is 2.38. The summed E-state index contributed by atoms with van der Waals surface area (Å²) in [5.74, 6) is -0.0740. The van der Waals surface area contributed by atoms with Gasteiger partial charge < -0.3 is 20.5 Å². The van der Waals surface area contributed by atoms with Gasteiger partial charge in [-0.3, -0.25) is 4.79 Å². The molecule has 0 radical (unpaired) electrons. The normalized spacial score (nSPS) is 18.1. The molecule has 1 heterocycles. The first-order chi connectivity index (χ1) is 9.07. The third-order valence-corrected chi connectivity index (χ3v) is 3.59. The van der Waals surface area contributed by atoms with Gasteiger partial charge in [-0.2, -0.15) is 0 Å². The van der Waals surface area contributed by atoms with Crippen LogP contribution in [0.15, 0.2) is 24.3 Å². The SMILES string of the molecule is CCOc1ccccc1N1CCC(N)(C(=O)O)CC1. The lowest BCUT2D eigenvalue weighted by Crippen LogP contribution is -2.55. The molecule has 1 aromatic rings. The van der Waals surface area contributed by atoms with Crippen LogP contribution in [0.4, 0.5) is 5.69 Å². The lowest BCUT2D eigenvalue weighted by atomic mass is 9.88. The Morgan fingerprint density at radius 3 is 2.63 bits per heavy atom. The van der Waals surface area contributed by atoms with E-state index in [1.807, 2.05) is 31.2 Å².